The van der Waals surface area contributed by atoms with Crippen LogP contribution in [-0.4, -0.2) is 60.0 Å². The van der Waals surface area contributed by atoms with E-state index in [0.717, 1.165) is 36.3 Å². The number of piperidine rings is 1. The molecule has 0 unspecified atom stereocenters. The molecule has 0 radical (unpaired) electrons. The maximum absolute atomic E-state index is 12.7. The number of likely N-dealkylation sites (N-methyl/N-ethyl adjacent to an activating group) is 1. The van der Waals surface area contributed by atoms with Gasteiger partial charge < -0.3 is 25.8 Å². The Hall–Kier alpha value is -3.13. The van der Waals surface area contributed by atoms with Gasteiger partial charge in [-0.3, -0.25) is 9.59 Å². The molecule has 0 bridgehead atoms. The van der Waals surface area contributed by atoms with Crippen molar-refractivity contribution < 1.29 is 4.79 Å². The number of likely N-dealkylation sites (tertiary alicyclic amines) is 1. The van der Waals surface area contributed by atoms with E-state index in [-0.39, 0.29) is 17.5 Å². The molecule has 8 nitrogen and oxygen atoms in total. The molecule has 2 aromatic heterocycles. The van der Waals surface area contributed by atoms with Crippen molar-refractivity contribution in [2.45, 2.75) is 25.8 Å². The molecule has 2 aromatic rings. The third-order valence-electron chi connectivity index (χ3n) is 5.43. The summed E-state index contributed by atoms with van der Waals surface area (Å²) in [6.07, 6.45) is 8.50. The fraction of sp³-hybridized carbons (Fsp3) is 0.409. The lowest BCUT2D eigenvalue weighted by atomic mass is 10.0. The first-order chi connectivity index (χ1) is 14.6. The lowest BCUT2D eigenvalue weighted by Crippen LogP contribution is -2.50. The quantitative estimate of drug-likeness (QED) is 0.601. The van der Waals surface area contributed by atoms with E-state index in [1.165, 1.54) is 6.08 Å². The van der Waals surface area contributed by atoms with Gasteiger partial charge in [0.05, 0.1) is 0 Å². The molecule has 1 amide bonds. The van der Waals surface area contributed by atoms with Gasteiger partial charge in [0.15, 0.2) is 0 Å². The first-order valence-corrected chi connectivity index (χ1v) is 10.4. The molecule has 1 aliphatic rings. The Morgan fingerprint density at radius 2 is 2.27 bits per heavy atom. The van der Waals surface area contributed by atoms with Gasteiger partial charge in [-0.2, -0.15) is 0 Å². The van der Waals surface area contributed by atoms with Crippen LogP contribution in [0.4, 0.5) is 11.5 Å². The summed E-state index contributed by atoms with van der Waals surface area (Å²) in [6, 6.07) is 5.87. The smallest absolute Gasteiger partial charge is 0.271 e. The number of aromatic amines is 1. The van der Waals surface area contributed by atoms with E-state index in [9.17, 15) is 9.59 Å². The Balaban J connectivity index is 1.88. The number of hydrogen-bond donors (Lipinski definition) is 3. The zero-order valence-electron chi connectivity index (χ0n) is 17.6. The van der Waals surface area contributed by atoms with Gasteiger partial charge in [-0.1, -0.05) is 6.08 Å². The average Bonchev–Trinajstić information content (AvgIpc) is 2.79. The van der Waals surface area contributed by atoms with Crippen LogP contribution < -0.4 is 21.5 Å². The Labute approximate surface area is 176 Å². The van der Waals surface area contributed by atoms with Crippen molar-refractivity contribution in [2.24, 2.45) is 5.73 Å². The van der Waals surface area contributed by atoms with Gasteiger partial charge >= 0.3 is 0 Å². The summed E-state index contributed by atoms with van der Waals surface area (Å²) in [7, 11) is 1.82. The minimum Gasteiger partial charge on any atom is -0.373 e. The molecule has 0 saturated carbocycles. The number of aromatic nitrogens is 2. The van der Waals surface area contributed by atoms with Crippen molar-refractivity contribution in [2.75, 3.05) is 43.4 Å². The highest BCUT2D eigenvalue weighted by Gasteiger charge is 2.28. The van der Waals surface area contributed by atoms with Crippen molar-refractivity contribution in [1.82, 2.24) is 14.9 Å². The lowest BCUT2D eigenvalue weighted by Gasteiger charge is -2.39. The second-order valence-corrected chi connectivity index (χ2v) is 7.29. The third kappa shape index (κ3) is 4.88. The molecule has 4 N–H and O–H groups in total. The minimum atomic E-state index is -0.130. The number of hydrogen-bond acceptors (Lipinski definition) is 6. The van der Waals surface area contributed by atoms with Gasteiger partial charge in [-0.15, -0.1) is 0 Å². The molecule has 160 valence electrons. The average molecular weight is 411 g/mol. The highest BCUT2D eigenvalue weighted by Crippen LogP contribution is 2.26. The van der Waals surface area contributed by atoms with Crippen LogP contribution in [0.1, 0.15) is 19.8 Å². The molecule has 0 aromatic carbocycles. The molecule has 3 heterocycles. The Morgan fingerprint density at radius 1 is 1.43 bits per heavy atom. The van der Waals surface area contributed by atoms with Gasteiger partial charge in [-0.05, 0) is 43.5 Å². The zero-order chi connectivity index (χ0) is 21.5. The largest absolute Gasteiger partial charge is 0.373 e. The fourth-order valence-corrected chi connectivity index (χ4v) is 3.91. The van der Waals surface area contributed by atoms with E-state index >= 15 is 0 Å². The number of carbonyl (C=O) groups is 1. The minimum absolute atomic E-state index is 0.0276. The summed E-state index contributed by atoms with van der Waals surface area (Å²) in [6.45, 7) is 4.37. The summed E-state index contributed by atoms with van der Waals surface area (Å²) in [5, 5.41) is 3.03. The van der Waals surface area contributed by atoms with Crippen LogP contribution in [0.5, 0.6) is 0 Å². The van der Waals surface area contributed by atoms with Crippen molar-refractivity contribution in [1.29, 1.82) is 0 Å². The number of anilines is 2. The molecule has 1 saturated heterocycles. The monoisotopic (exact) mass is 410 g/mol. The van der Waals surface area contributed by atoms with Crippen LogP contribution in [0.15, 0.2) is 47.5 Å². The number of carbonyl (C=O) groups excluding carboxylic acids is 1. The topological polar surface area (TPSA) is 107 Å². The predicted octanol–water partition coefficient (Wildman–Crippen LogP) is 1.81. The van der Waals surface area contributed by atoms with Crippen LogP contribution in [0.3, 0.4) is 0 Å². The van der Waals surface area contributed by atoms with Crippen molar-refractivity contribution in [3.63, 3.8) is 0 Å². The highest BCUT2D eigenvalue weighted by molar-refractivity contribution is 5.87. The van der Waals surface area contributed by atoms with E-state index in [1.54, 1.807) is 18.5 Å². The van der Waals surface area contributed by atoms with Crippen LogP contribution in [0, 0.1) is 0 Å². The van der Waals surface area contributed by atoms with E-state index in [4.69, 9.17) is 5.73 Å². The SMILES string of the molecule is CCN(c1cc(-c2ccnc(NC)c2)c[nH]c1=O)[C@H]1CCCN(C(=O)C=CCN)C1. The molecule has 30 heavy (non-hydrogen) atoms. The molecule has 1 aliphatic heterocycles. The maximum Gasteiger partial charge on any atom is 0.271 e. The van der Waals surface area contributed by atoms with E-state index in [2.05, 4.69) is 20.2 Å². The summed E-state index contributed by atoms with van der Waals surface area (Å²) >= 11 is 0. The summed E-state index contributed by atoms with van der Waals surface area (Å²) in [5.41, 5.74) is 7.84. The summed E-state index contributed by atoms with van der Waals surface area (Å²) in [5.74, 6) is 0.736. The first kappa shape index (κ1) is 21.6. The Kier molecular flexibility index (Phi) is 7.24. The Bertz CT molecular complexity index is 955. The predicted molar refractivity (Wildman–Crippen MR) is 121 cm³/mol. The van der Waals surface area contributed by atoms with Crippen LogP contribution in [0.25, 0.3) is 11.1 Å². The van der Waals surface area contributed by atoms with Gasteiger partial charge in [0.1, 0.15) is 11.5 Å². The number of amides is 1. The molecule has 3 rings (SSSR count). The van der Waals surface area contributed by atoms with Crippen LogP contribution in [-0.2, 0) is 4.79 Å². The summed E-state index contributed by atoms with van der Waals surface area (Å²) < 4.78 is 0. The van der Waals surface area contributed by atoms with Crippen molar-refractivity contribution in [3.8, 4) is 11.1 Å². The van der Waals surface area contributed by atoms with Gasteiger partial charge in [0.25, 0.3) is 5.56 Å². The number of rotatable bonds is 7. The molecule has 8 heteroatoms. The number of nitrogens with one attached hydrogen (secondary N) is 2. The Morgan fingerprint density at radius 3 is 3.00 bits per heavy atom. The van der Waals surface area contributed by atoms with Gasteiger partial charge in [-0.25, -0.2) is 4.98 Å². The van der Waals surface area contributed by atoms with Crippen LogP contribution in [0.2, 0.25) is 0 Å². The number of nitrogens with two attached hydrogens (primary N) is 1. The first-order valence-electron chi connectivity index (χ1n) is 10.4. The standard InChI is InChI=1S/C22H30N6O2/c1-3-28(18-6-5-11-27(15-18)21(29)7-4-9-23)19-12-17(14-26-22(19)30)16-8-10-25-20(13-16)24-2/h4,7-8,10,12-14,18H,3,5-6,9,11,15,23H2,1-2H3,(H,24,25)(H,26,30)/t18-/m0/s1. The zero-order valence-corrected chi connectivity index (χ0v) is 17.6. The lowest BCUT2D eigenvalue weighted by molar-refractivity contribution is -0.127. The second kappa shape index (κ2) is 10.1. The molecule has 1 fully saturated rings. The normalized spacial score (nSPS) is 16.6. The highest BCUT2D eigenvalue weighted by atomic mass is 16.2. The molecule has 0 spiro atoms. The summed E-state index contributed by atoms with van der Waals surface area (Å²) in [4.78, 5) is 36.2. The third-order valence-corrected chi connectivity index (χ3v) is 5.43. The molecular formula is C22H30N6O2. The molecular weight excluding hydrogens is 380 g/mol. The van der Waals surface area contributed by atoms with Gasteiger partial charge in [0.2, 0.25) is 5.91 Å². The number of nitrogens with zero attached hydrogens (tertiary/aromatic N) is 3. The van der Waals surface area contributed by atoms with E-state index in [1.807, 2.05) is 37.1 Å². The van der Waals surface area contributed by atoms with Gasteiger partial charge in [0, 0.05) is 63.3 Å². The second-order valence-electron chi connectivity index (χ2n) is 7.29. The van der Waals surface area contributed by atoms with Crippen LogP contribution >= 0.6 is 0 Å². The number of H-pyrrole nitrogens is 1. The van der Waals surface area contributed by atoms with Crippen molar-refractivity contribution in [3.05, 3.63) is 53.1 Å². The molecule has 1 atom stereocenters. The van der Waals surface area contributed by atoms with E-state index in [0.29, 0.717) is 25.3 Å². The van der Waals surface area contributed by atoms with E-state index < -0.39 is 0 Å². The molecule has 0 aliphatic carbocycles. The maximum atomic E-state index is 12.7. The van der Waals surface area contributed by atoms with Crippen molar-refractivity contribution >= 4 is 17.4 Å². The number of pyridine rings is 2. The fourth-order valence-electron chi connectivity index (χ4n) is 3.91.